The molecule has 1 rings (SSSR count). The summed E-state index contributed by atoms with van der Waals surface area (Å²) in [4.78, 5) is 2.55. The summed E-state index contributed by atoms with van der Waals surface area (Å²) in [5, 5.41) is 13.1. The number of nitrogens with one attached hydrogen (secondary N) is 1. The summed E-state index contributed by atoms with van der Waals surface area (Å²) in [6.45, 7) is 8.41. The molecule has 114 valence electrons. The zero-order chi connectivity index (χ0) is 14.1. The minimum Gasteiger partial charge on any atom is -0.394 e. The maximum absolute atomic E-state index is 9.64. The van der Waals surface area contributed by atoms with Crippen LogP contribution in [0.2, 0.25) is 0 Å². The van der Waals surface area contributed by atoms with Crippen LogP contribution in [0.5, 0.6) is 0 Å². The van der Waals surface area contributed by atoms with Crippen molar-refractivity contribution in [2.24, 2.45) is 0 Å². The Bertz CT molecular complexity index is 228. The van der Waals surface area contributed by atoms with Gasteiger partial charge < -0.3 is 15.2 Å². The van der Waals surface area contributed by atoms with Crippen LogP contribution >= 0.6 is 0 Å². The Morgan fingerprint density at radius 1 is 1.32 bits per heavy atom. The second kappa shape index (κ2) is 8.90. The molecule has 4 nitrogen and oxygen atoms in total. The first-order chi connectivity index (χ1) is 9.21. The molecule has 0 bridgehead atoms. The molecule has 0 aromatic rings. The molecule has 4 heteroatoms. The van der Waals surface area contributed by atoms with Crippen LogP contribution in [-0.2, 0) is 4.74 Å². The van der Waals surface area contributed by atoms with Crippen molar-refractivity contribution in [3.63, 3.8) is 0 Å². The summed E-state index contributed by atoms with van der Waals surface area (Å²) in [7, 11) is 1.77. The normalized spacial score (nSPS) is 18.8. The summed E-state index contributed by atoms with van der Waals surface area (Å²) in [5.74, 6) is 0. The molecule has 1 atom stereocenters. The highest BCUT2D eigenvalue weighted by Crippen LogP contribution is 2.27. The lowest BCUT2D eigenvalue weighted by atomic mass is 9.91. The molecular formula is C15H32N2O2. The zero-order valence-electron chi connectivity index (χ0n) is 13.0. The number of aliphatic hydroxyl groups excluding tert-OH is 1. The van der Waals surface area contributed by atoms with Gasteiger partial charge in [0.15, 0.2) is 0 Å². The zero-order valence-corrected chi connectivity index (χ0v) is 13.0. The van der Waals surface area contributed by atoms with Crippen LogP contribution < -0.4 is 5.32 Å². The van der Waals surface area contributed by atoms with Gasteiger partial charge in [0.25, 0.3) is 0 Å². The van der Waals surface area contributed by atoms with Crippen LogP contribution in [0.4, 0.5) is 0 Å². The van der Waals surface area contributed by atoms with Crippen molar-refractivity contribution in [2.45, 2.75) is 57.5 Å². The van der Waals surface area contributed by atoms with Gasteiger partial charge in [-0.25, -0.2) is 0 Å². The second-order valence-corrected chi connectivity index (χ2v) is 5.69. The van der Waals surface area contributed by atoms with Crippen molar-refractivity contribution >= 4 is 0 Å². The first-order valence-corrected chi connectivity index (χ1v) is 7.80. The molecule has 19 heavy (non-hydrogen) atoms. The first kappa shape index (κ1) is 16.9. The maximum atomic E-state index is 9.64. The highest BCUT2D eigenvalue weighted by molar-refractivity contribution is 4.88. The number of nitrogens with zero attached hydrogens (tertiary/aromatic N) is 1. The summed E-state index contributed by atoms with van der Waals surface area (Å²) in [6, 6.07) is 0.791. The van der Waals surface area contributed by atoms with Gasteiger partial charge in [-0.1, -0.05) is 13.8 Å². The van der Waals surface area contributed by atoms with Crippen molar-refractivity contribution in [3.8, 4) is 0 Å². The third-order valence-electron chi connectivity index (χ3n) is 4.28. The standard InChI is InChI=1S/C15H32N2O2/c1-4-15(13-18,16-5-2)9-6-10-17(11-12-19-3)14-7-8-14/h14,16,18H,4-13H2,1-3H3. The Hall–Kier alpha value is -0.160. The summed E-state index contributed by atoms with van der Waals surface area (Å²) < 4.78 is 5.18. The summed E-state index contributed by atoms with van der Waals surface area (Å²) in [5.41, 5.74) is -0.0781. The lowest BCUT2D eigenvalue weighted by Crippen LogP contribution is -2.48. The van der Waals surface area contributed by atoms with E-state index in [1.807, 2.05) is 0 Å². The summed E-state index contributed by atoms with van der Waals surface area (Å²) >= 11 is 0. The summed E-state index contributed by atoms with van der Waals surface area (Å²) in [6.07, 6.45) is 5.86. The van der Waals surface area contributed by atoms with Crippen LogP contribution in [0.3, 0.4) is 0 Å². The van der Waals surface area contributed by atoms with Crippen molar-refractivity contribution in [1.29, 1.82) is 0 Å². The van der Waals surface area contributed by atoms with Gasteiger partial charge in [-0.05, 0) is 45.2 Å². The van der Waals surface area contributed by atoms with Crippen LogP contribution in [0.25, 0.3) is 0 Å². The van der Waals surface area contributed by atoms with Crippen molar-refractivity contribution in [2.75, 3.05) is 40.0 Å². The molecule has 0 aromatic carbocycles. The highest BCUT2D eigenvalue weighted by atomic mass is 16.5. The maximum Gasteiger partial charge on any atom is 0.0613 e. The Labute approximate surface area is 118 Å². The van der Waals surface area contributed by atoms with E-state index in [4.69, 9.17) is 4.74 Å². The predicted octanol–water partition coefficient (Wildman–Crippen LogP) is 1.63. The predicted molar refractivity (Wildman–Crippen MR) is 79.5 cm³/mol. The minimum atomic E-state index is -0.0781. The lowest BCUT2D eigenvalue weighted by molar-refractivity contribution is 0.124. The van der Waals surface area contributed by atoms with E-state index in [-0.39, 0.29) is 12.1 Å². The van der Waals surface area contributed by atoms with E-state index in [1.165, 1.54) is 12.8 Å². The number of hydrogen-bond donors (Lipinski definition) is 2. The largest absolute Gasteiger partial charge is 0.394 e. The quantitative estimate of drug-likeness (QED) is 0.567. The van der Waals surface area contributed by atoms with E-state index in [0.717, 1.165) is 51.5 Å². The average Bonchev–Trinajstić information content (AvgIpc) is 3.26. The van der Waals surface area contributed by atoms with E-state index in [1.54, 1.807) is 7.11 Å². The molecular weight excluding hydrogens is 240 g/mol. The Balaban J connectivity index is 2.32. The number of hydrogen-bond acceptors (Lipinski definition) is 4. The first-order valence-electron chi connectivity index (χ1n) is 7.80. The van der Waals surface area contributed by atoms with E-state index >= 15 is 0 Å². The molecule has 0 spiro atoms. The van der Waals surface area contributed by atoms with E-state index in [0.29, 0.717) is 0 Å². The highest BCUT2D eigenvalue weighted by Gasteiger charge is 2.30. The van der Waals surface area contributed by atoms with Gasteiger partial charge in [0, 0.05) is 25.2 Å². The van der Waals surface area contributed by atoms with Crippen molar-refractivity contribution < 1.29 is 9.84 Å². The topological polar surface area (TPSA) is 44.7 Å². The molecule has 1 fully saturated rings. The number of rotatable bonds is 12. The fraction of sp³-hybridized carbons (Fsp3) is 1.00. The fourth-order valence-corrected chi connectivity index (χ4v) is 2.76. The monoisotopic (exact) mass is 272 g/mol. The number of ether oxygens (including phenoxy) is 1. The van der Waals surface area contributed by atoms with Gasteiger partial charge in [-0.15, -0.1) is 0 Å². The smallest absolute Gasteiger partial charge is 0.0613 e. The average molecular weight is 272 g/mol. The van der Waals surface area contributed by atoms with Crippen LogP contribution in [-0.4, -0.2) is 61.5 Å². The molecule has 0 aliphatic heterocycles. The molecule has 0 amide bonds. The molecule has 0 radical (unpaired) electrons. The van der Waals surface area contributed by atoms with Crippen molar-refractivity contribution in [3.05, 3.63) is 0 Å². The molecule has 1 aliphatic rings. The lowest BCUT2D eigenvalue weighted by Gasteiger charge is -2.33. The van der Waals surface area contributed by atoms with Gasteiger partial charge in [0.05, 0.1) is 13.2 Å². The second-order valence-electron chi connectivity index (χ2n) is 5.69. The number of likely N-dealkylation sites (N-methyl/N-ethyl adjacent to an activating group) is 1. The molecule has 1 saturated carbocycles. The van der Waals surface area contributed by atoms with Gasteiger partial charge in [-0.2, -0.15) is 0 Å². The van der Waals surface area contributed by atoms with Gasteiger partial charge in [-0.3, -0.25) is 4.90 Å². The molecule has 0 aromatic heterocycles. The van der Waals surface area contributed by atoms with Gasteiger partial charge in [0.1, 0.15) is 0 Å². The molecule has 1 unspecified atom stereocenters. The third kappa shape index (κ3) is 5.78. The van der Waals surface area contributed by atoms with Crippen LogP contribution in [0.1, 0.15) is 46.0 Å². The number of methoxy groups -OCH3 is 1. The number of aliphatic hydroxyl groups is 1. The van der Waals surface area contributed by atoms with Gasteiger partial charge in [0.2, 0.25) is 0 Å². The third-order valence-corrected chi connectivity index (χ3v) is 4.28. The molecule has 0 saturated heterocycles. The molecule has 0 heterocycles. The Morgan fingerprint density at radius 3 is 2.53 bits per heavy atom. The van der Waals surface area contributed by atoms with E-state index < -0.39 is 0 Å². The Morgan fingerprint density at radius 2 is 2.05 bits per heavy atom. The SMILES string of the molecule is CCNC(CC)(CO)CCCN(CCOC)C1CC1. The van der Waals surface area contributed by atoms with Crippen LogP contribution in [0.15, 0.2) is 0 Å². The Kier molecular flexibility index (Phi) is 7.91. The van der Waals surface area contributed by atoms with Crippen LogP contribution in [0, 0.1) is 0 Å². The molecule has 1 aliphatic carbocycles. The minimum absolute atomic E-state index is 0.0781. The molecule has 2 N–H and O–H groups in total. The van der Waals surface area contributed by atoms with E-state index in [9.17, 15) is 5.11 Å². The van der Waals surface area contributed by atoms with Crippen molar-refractivity contribution in [1.82, 2.24) is 10.2 Å². The fourth-order valence-electron chi connectivity index (χ4n) is 2.76. The van der Waals surface area contributed by atoms with Gasteiger partial charge >= 0.3 is 0 Å². The van der Waals surface area contributed by atoms with E-state index in [2.05, 4.69) is 24.1 Å².